The van der Waals surface area contributed by atoms with Gasteiger partial charge in [0.15, 0.2) is 0 Å². The fourth-order valence-electron chi connectivity index (χ4n) is 2.58. The van der Waals surface area contributed by atoms with Gasteiger partial charge >= 0.3 is 0 Å². The van der Waals surface area contributed by atoms with E-state index in [1.54, 1.807) is 0 Å². The van der Waals surface area contributed by atoms with Crippen LogP contribution in [0.25, 0.3) is 5.31 Å². The fraction of sp³-hybridized carbons (Fsp3) is 0. The molecule has 0 aliphatic heterocycles. The molecule has 0 N–H and O–H groups in total. The van der Waals surface area contributed by atoms with Crippen LogP contribution in [-0.2, 0) is 0 Å². The quantitative estimate of drug-likeness (QED) is 0.567. The first kappa shape index (κ1) is 16.5. The first-order valence-corrected chi connectivity index (χ1v) is 9.98. The highest BCUT2D eigenvalue weighted by Crippen LogP contribution is 2.52. The second-order valence-electron chi connectivity index (χ2n) is 5.18. The molecule has 2 atom stereocenters. The molecule has 3 rings (SSSR count). The summed E-state index contributed by atoms with van der Waals surface area (Å²) in [6.45, 7) is 0. The van der Waals surface area contributed by atoms with Gasteiger partial charge < -0.3 is 0 Å². The molecule has 0 spiro atoms. The van der Waals surface area contributed by atoms with E-state index in [2.05, 4.69) is 109 Å². The largest absolute Gasteiger partial charge is 0.105 e. The summed E-state index contributed by atoms with van der Waals surface area (Å²) in [5.74, 6) is 0. The predicted octanol–water partition coefficient (Wildman–Crippen LogP) is 5.20. The Bertz CT molecular complexity index is 737. The summed E-state index contributed by atoms with van der Waals surface area (Å²) in [4.78, 5) is 0. The normalized spacial score (nSPS) is 10.6. The van der Waals surface area contributed by atoms with Crippen LogP contribution in [-0.4, -0.2) is 0 Å². The lowest BCUT2D eigenvalue weighted by molar-refractivity contribution is 1.65. The highest BCUT2D eigenvalue weighted by atomic mass is 31.1. The van der Waals surface area contributed by atoms with Gasteiger partial charge in [0.2, 0.25) is 0 Å². The van der Waals surface area contributed by atoms with E-state index in [1.165, 1.54) is 26.5 Å². The second-order valence-corrected chi connectivity index (χ2v) is 9.24. The van der Waals surface area contributed by atoms with Gasteiger partial charge in [-0.15, -0.1) is 18.5 Å². The fourth-order valence-corrected chi connectivity index (χ4v) is 6.11. The summed E-state index contributed by atoms with van der Waals surface area (Å²) in [5, 5.41) is 5.34. The second kappa shape index (κ2) is 7.99. The minimum absolute atomic E-state index is 0.592. The molecular formula is C20H19P3. The Morgan fingerprint density at radius 1 is 0.565 bits per heavy atom. The Labute approximate surface area is 144 Å². The number of hydrogen-bond acceptors (Lipinski definition) is 0. The molecule has 3 aromatic rings. The van der Waals surface area contributed by atoms with E-state index in [9.17, 15) is 0 Å². The third-order valence-corrected chi connectivity index (χ3v) is 7.23. The van der Waals surface area contributed by atoms with E-state index in [1.807, 2.05) is 0 Å². The lowest BCUT2D eigenvalue weighted by Gasteiger charge is -2.24. The summed E-state index contributed by atoms with van der Waals surface area (Å²) in [6.07, 6.45) is 0. The molecule has 0 fully saturated rings. The lowest BCUT2D eigenvalue weighted by atomic mass is 10.2. The summed E-state index contributed by atoms with van der Waals surface area (Å²) >= 11 is 0. The predicted molar refractivity (Wildman–Crippen MR) is 112 cm³/mol. The summed E-state index contributed by atoms with van der Waals surface area (Å²) in [5.41, 5.74) is 1.28. The van der Waals surface area contributed by atoms with Gasteiger partial charge in [-0.1, -0.05) is 91.0 Å². The van der Waals surface area contributed by atoms with Crippen molar-refractivity contribution in [3.05, 3.63) is 102 Å². The smallest absolute Gasteiger partial charge is 0.000782 e. The van der Waals surface area contributed by atoms with Crippen molar-refractivity contribution in [3.8, 4) is 0 Å². The molecule has 23 heavy (non-hydrogen) atoms. The van der Waals surface area contributed by atoms with E-state index in [0.717, 1.165) is 0 Å². The molecule has 3 heteroatoms. The van der Waals surface area contributed by atoms with Crippen LogP contribution < -0.4 is 10.6 Å². The molecular weight excluding hydrogens is 333 g/mol. The van der Waals surface area contributed by atoms with Crippen LogP contribution in [0.2, 0.25) is 0 Å². The zero-order chi connectivity index (χ0) is 16.1. The lowest BCUT2D eigenvalue weighted by Crippen LogP contribution is -2.12. The van der Waals surface area contributed by atoms with E-state index in [-0.39, 0.29) is 0 Å². The van der Waals surface area contributed by atoms with E-state index < -0.39 is 7.92 Å². The topological polar surface area (TPSA) is 0 Å². The Hall–Kier alpha value is -1.31. The van der Waals surface area contributed by atoms with Crippen molar-refractivity contribution in [1.82, 2.24) is 0 Å². The van der Waals surface area contributed by atoms with Gasteiger partial charge in [-0.05, 0) is 34.5 Å². The van der Waals surface area contributed by atoms with Gasteiger partial charge in [0, 0.05) is 0 Å². The maximum Gasteiger partial charge on any atom is -0.000782 e. The van der Waals surface area contributed by atoms with E-state index in [4.69, 9.17) is 0 Å². The molecule has 0 radical (unpaired) electrons. The molecule has 0 nitrogen and oxygen atoms in total. The minimum atomic E-state index is -0.592. The molecule has 0 saturated carbocycles. The maximum absolute atomic E-state index is 2.87. The highest BCUT2D eigenvalue weighted by molar-refractivity contribution is 7.83. The third kappa shape index (κ3) is 3.97. The highest BCUT2D eigenvalue weighted by Gasteiger charge is 2.21. The van der Waals surface area contributed by atoms with Gasteiger partial charge in [0.25, 0.3) is 0 Å². The Morgan fingerprint density at radius 2 is 0.957 bits per heavy atom. The summed E-state index contributed by atoms with van der Waals surface area (Å²) < 4.78 is 0. The van der Waals surface area contributed by atoms with Crippen molar-refractivity contribution in [3.63, 3.8) is 0 Å². The molecule has 0 aromatic heterocycles. The van der Waals surface area contributed by atoms with Crippen molar-refractivity contribution in [1.29, 1.82) is 0 Å². The maximum atomic E-state index is 2.87. The van der Waals surface area contributed by atoms with Crippen molar-refractivity contribution in [2.45, 2.75) is 0 Å². The van der Waals surface area contributed by atoms with Gasteiger partial charge in [-0.2, -0.15) is 0 Å². The Morgan fingerprint density at radius 3 is 1.35 bits per heavy atom. The number of benzene rings is 3. The molecule has 0 aliphatic carbocycles. The molecule has 2 unspecified atom stereocenters. The molecule has 0 saturated heterocycles. The van der Waals surface area contributed by atoms with Crippen LogP contribution in [0.15, 0.2) is 96.1 Å². The average Bonchev–Trinajstić information content (AvgIpc) is 2.61. The first-order valence-electron chi connectivity index (χ1n) is 7.48. The van der Waals surface area contributed by atoms with Crippen LogP contribution in [0.4, 0.5) is 0 Å². The van der Waals surface area contributed by atoms with Crippen molar-refractivity contribution in [2.24, 2.45) is 0 Å². The molecule has 3 aromatic carbocycles. The molecule has 0 amide bonds. The average molecular weight is 352 g/mol. The number of hydrogen-bond donors (Lipinski definition) is 0. The summed E-state index contributed by atoms with van der Waals surface area (Å²) in [7, 11) is 5.16. The SMILES string of the molecule is PC(P)=C(c1ccccc1)P(c1ccccc1)c1ccccc1. The van der Waals surface area contributed by atoms with Crippen LogP contribution in [0.3, 0.4) is 0 Å². The monoisotopic (exact) mass is 352 g/mol. The summed E-state index contributed by atoms with van der Waals surface area (Å²) in [6, 6.07) is 32.3. The van der Waals surface area contributed by atoms with Crippen molar-refractivity contribution in [2.75, 3.05) is 0 Å². The van der Waals surface area contributed by atoms with Crippen molar-refractivity contribution < 1.29 is 0 Å². The van der Waals surface area contributed by atoms with Crippen LogP contribution in [0, 0.1) is 0 Å². The standard InChI is InChI=1S/C20H19P3/c21-20(22)19(16-10-4-1-5-11-16)23(17-12-6-2-7-13-17)18-14-8-3-9-15-18/h1-15H,21-22H2. The van der Waals surface area contributed by atoms with Gasteiger partial charge in [0.05, 0.1) is 0 Å². The van der Waals surface area contributed by atoms with Crippen LogP contribution in [0.1, 0.15) is 5.56 Å². The zero-order valence-corrected chi connectivity index (χ0v) is 16.0. The number of rotatable bonds is 4. The third-order valence-electron chi connectivity index (χ3n) is 3.57. The van der Waals surface area contributed by atoms with Crippen LogP contribution in [0.5, 0.6) is 0 Å². The van der Waals surface area contributed by atoms with Gasteiger partial charge in [0.1, 0.15) is 0 Å². The molecule has 114 valence electrons. The molecule has 0 bridgehead atoms. The Balaban J connectivity index is 2.20. The van der Waals surface area contributed by atoms with E-state index in [0.29, 0.717) is 0 Å². The van der Waals surface area contributed by atoms with Crippen molar-refractivity contribution >= 4 is 42.3 Å². The first-order chi connectivity index (χ1) is 11.3. The molecule has 0 heterocycles. The Kier molecular flexibility index (Phi) is 5.75. The van der Waals surface area contributed by atoms with E-state index >= 15 is 0 Å². The van der Waals surface area contributed by atoms with Gasteiger partial charge in [-0.3, -0.25) is 0 Å². The minimum Gasteiger partial charge on any atom is -0.105 e. The molecule has 0 aliphatic rings. The van der Waals surface area contributed by atoms with Gasteiger partial charge in [-0.25, -0.2) is 0 Å². The van der Waals surface area contributed by atoms with Crippen LogP contribution >= 0.6 is 26.4 Å². The zero-order valence-electron chi connectivity index (χ0n) is 12.8.